The summed E-state index contributed by atoms with van der Waals surface area (Å²) in [4.78, 5) is 4.27. The van der Waals surface area contributed by atoms with Gasteiger partial charge in [0.1, 0.15) is 5.76 Å². The Morgan fingerprint density at radius 2 is 2.05 bits per heavy atom. The van der Waals surface area contributed by atoms with E-state index in [1.165, 1.54) is 31.2 Å². The van der Waals surface area contributed by atoms with Crippen molar-refractivity contribution in [2.75, 3.05) is 13.6 Å². The fourth-order valence-corrected chi connectivity index (χ4v) is 2.62. The number of rotatable bonds is 4. The maximum Gasteiger partial charge on any atom is 0.191 e. The van der Waals surface area contributed by atoms with Gasteiger partial charge < -0.3 is 15.2 Å². The van der Waals surface area contributed by atoms with Crippen molar-refractivity contribution in [3.8, 4) is 0 Å². The van der Waals surface area contributed by atoms with Gasteiger partial charge in [-0.2, -0.15) is 0 Å². The van der Waals surface area contributed by atoms with E-state index in [4.69, 9.17) is 4.52 Å². The van der Waals surface area contributed by atoms with Crippen molar-refractivity contribution in [1.82, 2.24) is 15.8 Å². The number of hydrogen-bond donors (Lipinski definition) is 2. The van der Waals surface area contributed by atoms with Gasteiger partial charge in [0.2, 0.25) is 0 Å². The molecule has 0 atom stereocenters. The molecule has 0 saturated heterocycles. The third kappa shape index (κ3) is 4.64. The Morgan fingerprint density at radius 1 is 1.35 bits per heavy atom. The molecule has 5 nitrogen and oxygen atoms in total. The summed E-state index contributed by atoms with van der Waals surface area (Å²) in [6, 6.07) is 0.588. The molecule has 1 aliphatic rings. The van der Waals surface area contributed by atoms with Crippen LogP contribution in [0, 0.1) is 13.8 Å². The quantitative estimate of drug-likeness (QED) is 0.470. The minimum Gasteiger partial charge on any atom is -0.361 e. The predicted octanol–water partition coefficient (Wildman–Crippen LogP) is 2.56. The van der Waals surface area contributed by atoms with Gasteiger partial charge in [-0.3, -0.25) is 4.99 Å². The van der Waals surface area contributed by atoms with E-state index < -0.39 is 0 Å². The third-order valence-corrected chi connectivity index (χ3v) is 3.77. The van der Waals surface area contributed by atoms with Crippen LogP contribution in [0.5, 0.6) is 0 Å². The number of halogens is 1. The number of nitrogens with one attached hydrogen (secondary N) is 2. The van der Waals surface area contributed by atoms with Gasteiger partial charge >= 0.3 is 0 Å². The molecule has 0 aromatic carbocycles. The van der Waals surface area contributed by atoms with Crippen molar-refractivity contribution in [2.45, 2.75) is 52.0 Å². The zero-order valence-electron chi connectivity index (χ0n) is 12.5. The monoisotopic (exact) mass is 392 g/mol. The molecule has 1 aromatic rings. The van der Waals surface area contributed by atoms with E-state index >= 15 is 0 Å². The van der Waals surface area contributed by atoms with Crippen molar-refractivity contribution in [2.24, 2.45) is 4.99 Å². The second-order valence-electron chi connectivity index (χ2n) is 5.18. The third-order valence-electron chi connectivity index (χ3n) is 3.77. The van der Waals surface area contributed by atoms with E-state index in [0.29, 0.717) is 6.04 Å². The first-order chi connectivity index (χ1) is 9.20. The van der Waals surface area contributed by atoms with Crippen LogP contribution in [0.25, 0.3) is 0 Å². The molecule has 20 heavy (non-hydrogen) atoms. The van der Waals surface area contributed by atoms with Gasteiger partial charge in [0.25, 0.3) is 0 Å². The van der Waals surface area contributed by atoms with Crippen LogP contribution in [0.15, 0.2) is 9.52 Å². The molecule has 0 radical (unpaired) electrons. The van der Waals surface area contributed by atoms with E-state index in [1.54, 1.807) is 0 Å². The number of hydrogen-bond acceptors (Lipinski definition) is 3. The number of aromatic nitrogens is 1. The molecular weight excluding hydrogens is 367 g/mol. The lowest BCUT2D eigenvalue weighted by molar-refractivity contribution is 0.392. The standard InChI is InChI=1S/C14H24N4O.HI/c1-10-13(11(2)19-18-10)8-9-16-14(15-3)17-12-6-4-5-7-12;/h12H,4-9H2,1-3H3,(H2,15,16,17);1H. The van der Waals surface area contributed by atoms with Crippen LogP contribution in [-0.2, 0) is 6.42 Å². The molecule has 1 fully saturated rings. The molecule has 2 rings (SSSR count). The van der Waals surface area contributed by atoms with Crippen molar-refractivity contribution in [3.63, 3.8) is 0 Å². The first-order valence-electron chi connectivity index (χ1n) is 7.09. The molecule has 0 amide bonds. The maximum atomic E-state index is 5.16. The second-order valence-corrected chi connectivity index (χ2v) is 5.18. The Kier molecular flexibility index (Phi) is 7.32. The first-order valence-corrected chi connectivity index (χ1v) is 7.09. The summed E-state index contributed by atoms with van der Waals surface area (Å²) in [6.45, 7) is 4.79. The number of aliphatic imine (C=N–C) groups is 1. The van der Waals surface area contributed by atoms with Gasteiger partial charge in [0.15, 0.2) is 5.96 Å². The fourth-order valence-electron chi connectivity index (χ4n) is 2.62. The first kappa shape index (κ1) is 17.3. The number of guanidine groups is 1. The molecule has 0 unspecified atom stereocenters. The molecule has 114 valence electrons. The van der Waals surface area contributed by atoms with Crippen LogP contribution in [0.2, 0.25) is 0 Å². The van der Waals surface area contributed by atoms with Crippen LogP contribution < -0.4 is 10.6 Å². The summed E-state index contributed by atoms with van der Waals surface area (Å²) in [6.07, 6.45) is 6.07. The fraction of sp³-hybridized carbons (Fsp3) is 0.714. The SMILES string of the molecule is CN=C(NCCc1c(C)noc1C)NC1CCCC1.I. The lowest BCUT2D eigenvalue weighted by Gasteiger charge is -2.16. The summed E-state index contributed by atoms with van der Waals surface area (Å²) < 4.78 is 5.16. The van der Waals surface area contributed by atoms with Crippen LogP contribution in [0.4, 0.5) is 0 Å². The Labute approximate surface area is 138 Å². The van der Waals surface area contributed by atoms with Gasteiger partial charge in [0.05, 0.1) is 5.69 Å². The zero-order chi connectivity index (χ0) is 13.7. The van der Waals surface area contributed by atoms with Crippen LogP contribution in [-0.4, -0.2) is 30.8 Å². The average molecular weight is 392 g/mol. The Hall–Kier alpha value is -0.790. The molecule has 1 heterocycles. The topological polar surface area (TPSA) is 62.5 Å². The Balaban J connectivity index is 0.00000200. The van der Waals surface area contributed by atoms with E-state index in [9.17, 15) is 0 Å². The summed E-state index contributed by atoms with van der Waals surface area (Å²) in [5.74, 6) is 1.82. The summed E-state index contributed by atoms with van der Waals surface area (Å²) >= 11 is 0. The predicted molar refractivity (Wildman–Crippen MR) is 91.8 cm³/mol. The minimum absolute atomic E-state index is 0. The normalized spacial score (nSPS) is 16.1. The molecule has 1 aromatic heterocycles. The van der Waals surface area contributed by atoms with E-state index in [0.717, 1.165) is 30.4 Å². The molecule has 2 N–H and O–H groups in total. The average Bonchev–Trinajstić information content (AvgIpc) is 3.01. The van der Waals surface area contributed by atoms with Gasteiger partial charge in [-0.1, -0.05) is 18.0 Å². The summed E-state index contributed by atoms with van der Waals surface area (Å²) in [5, 5.41) is 10.8. The van der Waals surface area contributed by atoms with Crippen LogP contribution in [0.1, 0.15) is 42.7 Å². The smallest absolute Gasteiger partial charge is 0.191 e. The van der Waals surface area contributed by atoms with Crippen LogP contribution >= 0.6 is 24.0 Å². The molecule has 0 aliphatic heterocycles. The van der Waals surface area contributed by atoms with Gasteiger partial charge in [-0.05, 0) is 33.1 Å². The van der Waals surface area contributed by atoms with Gasteiger partial charge in [-0.15, -0.1) is 24.0 Å². The van der Waals surface area contributed by atoms with Gasteiger partial charge in [0, 0.05) is 25.2 Å². The largest absolute Gasteiger partial charge is 0.361 e. The summed E-state index contributed by atoms with van der Waals surface area (Å²) in [7, 11) is 1.82. The Morgan fingerprint density at radius 3 is 2.60 bits per heavy atom. The van der Waals surface area contributed by atoms with Crippen molar-refractivity contribution in [3.05, 3.63) is 17.0 Å². The van der Waals surface area contributed by atoms with E-state index in [2.05, 4.69) is 20.8 Å². The highest BCUT2D eigenvalue weighted by molar-refractivity contribution is 14.0. The number of nitrogens with zero attached hydrogens (tertiary/aromatic N) is 2. The van der Waals surface area contributed by atoms with E-state index in [1.807, 2.05) is 20.9 Å². The lowest BCUT2D eigenvalue weighted by atomic mass is 10.1. The van der Waals surface area contributed by atoms with Crippen molar-refractivity contribution in [1.29, 1.82) is 0 Å². The highest BCUT2D eigenvalue weighted by Gasteiger charge is 2.16. The molecule has 0 spiro atoms. The molecule has 1 saturated carbocycles. The molecule has 1 aliphatic carbocycles. The van der Waals surface area contributed by atoms with E-state index in [-0.39, 0.29) is 24.0 Å². The van der Waals surface area contributed by atoms with Crippen LogP contribution in [0.3, 0.4) is 0 Å². The summed E-state index contributed by atoms with van der Waals surface area (Å²) in [5.41, 5.74) is 2.18. The van der Waals surface area contributed by atoms with Crippen molar-refractivity contribution < 1.29 is 4.52 Å². The lowest BCUT2D eigenvalue weighted by Crippen LogP contribution is -2.43. The van der Waals surface area contributed by atoms with Gasteiger partial charge in [-0.25, -0.2) is 0 Å². The maximum absolute atomic E-state index is 5.16. The highest BCUT2D eigenvalue weighted by Crippen LogP contribution is 2.17. The molecule has 0 bridgehead atoms. The zero-order valence-corrected chi connectivity index (χ0v) is 14.9. The Bertz CT molecular complexity index is 419. The minimum atomic E-state index is 0. The second kappa shape index (κ2) is 8.49. The number of aryl methyl sites for hydroxylation is 2. The van der Waals surface area contributed by atoms with Crippen molar-refractivity contribution >= 4 is 29.9 Å². The molecule has 6 heteroatoms. The molecular formula is C14H25IN4O. The highest BCUT2D eigenvalue weighted by atomic mass is 127.